The van der Waals surface area contributed by atoms with E-state index in [2.05, 4.69) is 26.0 Å². The molecule has 1 heterocycles. The van der Waals surface area contributed by atoms with Crippen molar-refractivity contribution in [1.29, 1.82) is 0 Å². The van der Waals surface area contributed by atoms with Gasteiger partial charge < -0.3 is 5.11 Å². The number of hydrogen-bond acceptors (Lipinski definition) is 4. The molecule has 0 fully saturated rings. The summed E-state index contributed by atoms with van der Waals surface area (Å²) in [5.41, 5.74) is 1.73. The molecule has 3 rings (SSSR count). The maximum Gasteiger partial charge on any atom is 0.179 e. The van der Waals surface area contributed by atoms with Crippen LogP contribution >= 0.6 is 11.8 Å². The summed E-state index contributed by atoms with van der Waals surface area (Å²) in [6.45, 7) is 4.27. The Morgan fingerprint density at radius 1 is 1.18 bits per heavy atom. The van der Waals surface area contributed by atoms with E-state index < -0.39 is 9.84 Å². The van der Waals surface area contributed by atoms with Gasteiger partial charge in [-0.15, -0.1) is 11.8 Å². The third-order valence-corrected chi connectivity index (χ3v) is 8.95. The summed E-state index contributed by atoms with van der Waals surface area (Å²) in [5, 5.41) is 10.4. The summed E-state index contributed by atoms with van der Waals surface area (Å²) in [5.74, 6) is 0.223. The minimum absolute atomic E-state index is 0.0109. The highest BCUT2D eigenvalue weighted by Gasteiger charge is 2.42. The summed E-state index contributed by atoms with van der Waals surface area (Å²) in [4.78, 5) is 1.04. The zero-order chi connectivity index (χ0) is 20.4. The van der Waals surface area contributed by atoms with E-state index in [9.17, 15) is 13.5 Å². The van der Waals surface area contributed by atoms with Crippen LogP contribution in [-0.4, -0.2) is 25.5 Å². The van der Waals surface area contributed by atoms with Crippen molar-refractivity contribution in [2.75, 3.05) is 12.0 Å². The van der Waals surface area contributed by atoms with Gasteiger partial charge in [-0.1, -0.05) is 57.0 Å². The maximum atomic E-state index is 13.4. The third-order valence-electron chi connectivity index (χ3n) is 6.17. The van der Waals surface area contributed by atoms with Crippen molar-refractivity contribution < 1.29 is 13.5 Å². The number of fused-ring (bicyclic) bond motifs is 1. The molecular formula is C23H30O3S2. The first-order chi connectivity index (χ1) is 13.4. The predicted molar refractivity (Wildman–Crippen MR) is 117 cm³/mol. The van der Waals surface area contributed by atoms with Crippen molar-refractivity contribution in [1.82, 2.24) is 0 Å². The van der Waals surface area contributed by atoms with Gasteiger partial charge in [-0.25, -0.2) is 8.42 Å². The highest BCUT2D eigenvalue weighted by Crippen LogP contribution is 2.50. The topological polar surface area (TPSA) is 54.4 Å². The first kappa shape index (κ1) is 21.3. The molecule has 1 aliphatic rings. The fraction of sp³-hybridized carbons (Fsp3) is 0.478. The van der Waals surface area contributed by atoms with Gasteiger partial charge in [0.1, 0.15) is 5.75 Å². The Hall–Kier alpha value is -1.46. The van der Waals surface area contributed by atoms with Crippen molar-refractivity contribution >= 4 is 21.6 Å². The lowest BCUT2D eigenvalue weighted by Gasteiger charge is -2.34. The number of unbranched alkanes of at least 4 members (excludes halogenated alkanes) is 1. The highest BCUT2D eigenvalue weighted by molar-refractivity contribution is 7.98. The van der Waals surface area contributed by atoms with Gasteiger partial charge in [-0.05, 0) is 54.2 Å². The van der Waals surface area contributed by atoms with E-state index in [0.29, 0.717) is 4.90 Å². The van der Waals surface area contributed by atoms with Crippen molar-refractivity contribution in [3.8, 4) is 5.75 Å². The number of benzene rings is 2. The molecular weight excluding hydrogens is 388 g/mol. The van der Waals surface area contributed by atoms with E-state index in [1.54, 1.807) is 0 Å². The molecule has 0 saturated heterocycles. The summed E-state index contributed by atoms with van der Waals surface area (Å²) in [6, 6.07) is 13.6. The summed E-state index contributed by atoms with van der Waals surface area (Å²) in [6.07, 6.45) is 6.56. The molecule has 0 spiro atoms. The van der Waals surface area contributed by atoms with Gasteiger partial charge in [0.05, 0.1) is 10.6 Å². The van der Waals surface area contributed by atoms with Crippen LogP contribution in [0.15, 0.2) is 52.3 Å². The molecule has 2 atom stereocenters. The molecule has 152 valence electrons. The molecule has 1 N–H and O–H groups in total. The Balaban J connectivity index is 2.25. The standard InChI is InChI=1S/C23H30O3S2/c1-4-6-12-23(5-2)15-19(17-10-8-7-9-11-17)18-13-21(27-3)20(24)14-22(18)28(25,26)16-23/h7-11,13-14,19,24H,4-6,12,15-16H2,1-3H3. The minimum Gasteiger partial charge on any atom is -0.507 e. The zero-order valence-electron chi connectivity index (χ0n) is 16.9. The first-order valence-corrected chi connectivity index (χ1v) is 12.9. The van der Waals surface area contributed by atoms with Crippen molar-refractivity contribution in [2.45, 2.75) is 61.7 Å². The number of aromatic hydroxyl groups is 1. The van der Waals surface area contributed by atoms with Gasteiger partial charge in [-0.3, -0.25) is 0 Å². The molecule has 5 heteroatoms. The molecule has 28 heavy (non-hydrogen) atoms. The average molecular weight is 419 g/mol. The van der Waals surface area contributed by atoms with E-state index in [-0.39, 0.29) is 22.8 Å². The maximum absolute atomic E-state index is 13.4. The van der Waals surface area contributed by atoms with Crippen LogP contribution in [0.3, 0.4) is 0 Å². The van der Waals surface area contributed by atoms with Gasteiger partial charge in [-0.2, -0.15) is 0 Å². The number of hydrogen-bond donors (Lipinski definition) is 1. The zero-order valence-corrected chi connectivity index (χ0v) is 18.6. The monoisotopic (exact) mass is 418 g/mol. The van der Waals surface area contributed by atoms with Crippen molar-refractivity contribution in [3.05, 3.63) is 53.6 Å². The molecule has 2 aromatic carbocycles. The number of thioether (sulfide) groups is 1. The van der Waals surface area contributed by atoms with Crippen LogP contribution in [-0.2, 0) is 9.84 Å². The molecule has 0 aliphatic carbocycles. The summed E-state index contributed by atoms with van der Waals surface area (Å²) < 4.78 is 26.9. The van der Waals surface area contributed by atoms with Crippen LogP contribution in [0.5, 0.6) is 5.75 Å². The SMILES string of the molecule is CCCCC1(CC)CC(c2ccccc2)c2cc(SC)c(O)cc2S(=O)(=O)C1. The van der Waals surface area contributed by atoms with Crippen LogP contribution in [0.2, 0.25) is 0 Å². The lowest BCUT2D eigenvalue weighted by molar-refractivity contribution is 0.247. The molecule has 2 aromatic rings. The Bertz CT molecular complexity index is 922. The van der Waals surface area contributed by atoms with Crippen LogP contribution in [0.1, 0.15) is 63.0 Å². The summed E-state index contributed by atoms with van der Waals surface area (Å²) >= 11 is 1.45. The Kier molecular flexibility index (Phi) is 6.45. The smallest absolute Gasteiger partial charge is 0.179 e. The fourth-order valence-electron chi connectivity index (χ4n) is 4.48. The Morgan fingerprint density at radius 3 is 2.50 bits per heavy atom. The highest BCUT2D eigenvalue weighted by atomic mass is 32.2. The van der Waals surface area contributed by atoms with E-state index >= 15 is 0 Å². The molecule has 1 aliphatic heterocycles. The van der Waals surface area contributed by atoms with Crippen LogP contribution in [0, 0.1) is 5.41 Å². The van der Waals surface area contributed by atoms with Gasteiger partial charge in [0.15, 0.2) is 9.84 Å². The predicted octanol–water partition coefficient (Wildman–Crippen LogP) is 6.01. The molecule has 0 bridgehead atoms. The molecule has 2 unspecified atom stereocenters. The Morgan fingerprint density at radius 2 is 1.89 bits per heavy atom. The second kappa shape index (κ2) is 8.50. The van der Waals surface area contributed by atoms with E-state index in [0.717, 1.165) is 48.1 Å². The minimum atomic E-state index is -3.49. The van der Waals surface area contributed by atoms with E-state index in [4.69, 9.17) is 0 Å². The lowest BCUT2D eigenvalue weighted by atomic mass is 9.71. The van der Waals surface area contributed by atoms with Gasteiger partial charge >= 0.3 is 0 Å². The van der Waals surface area contributed by atoms with Crippen LogP contribution in [0.4, 0.5) is 0 Å². The fourth-order valence-corrected chi connectivity index (χ4v) is 7.28. The lowest BCUT2D eigenvalue weighted by Crippen LogP contribution is -2.29. The van der Waals surface area contributed by atoms with E-state index in [1.807, 2.05) is 30.5 Å². The number of sulfone groups is 1. The number of phenols is 1. The van der Waals surface area contributed by atoms with Gasteiger partial charge in [0, 0.05) is 10.8 Å². The average Bonchev–Trinajstić information content (AvgIpc) is 2.79. The van der Waals surface area contributed by atoms with E-state index in [1.165, 1.54) is 17.8 Å². The normalized spacial score (nSPS) is 23.8. The Labute approximate surface area is 173 Å². The van der Waals surface area contributed by atoms with Gasteiger partial charge in [0.2, 0.25) is 0 Å². The quantitative estimate of drug-likeness (QED) is 0.584. The van der Waals surface area contributed by atoms with Crippen molar-refractivity contribution in [2.24, 2.45) is 5.41 Å². The second-order valence-electron chi connectivity index (χ2n) is 7.95. The van der Waals surface area contributed by atoms with Gasteiger partial charge in [0.25, 0.3) is 0 Å². The molecule has 0 aromatic heterocycles. The second-order valence-corrected chi connectivity index (χ2v) is 10.8. The van der Waals surface area contributed by atoms with Crippen LogP contribution < -0.4 is 0 Å². The third kappa shape index (κ3) is 4.11. The molecule has 3 nitrogen and oxygen atoms in total. The molecule has 0 radical (unpaired) electrons. The number of phenolic OH excluding ortho intramolecular Hbond substituents is 1. The first-order valence-electron chi connectivity index (χ1n) is 10.0. The summed E-state index contributed by atoms with van der Waals surface area (Å²) in [7, 11) is -3.49. The van der Waals surface area contributed by atoms with Crippen molar-refractivity contribution in [3.63, 3.8) is 0 Å². The number of rotatable bonds is 6. The molecule has 0 amide bonds. The largest absolute Gasteiger partial charge is 0.507 e. The molecule has 0 saturated carbocycles. The van der Waals surface area contributed by atoms with Crippen LogP contribution in [0.25, 0.3) is 0 Å².